The molecule has 2 rings (SSSR count). The Balaban J connectivity index is 1.77. The lowest BCUT2D eigenvalue weighted by atomic mass is 10.1. The van der Waals surface area contributed by atoms with Gasteiger partial charge in [0.15, 0.2) is 0 Å². The van der Waals surface area contributed by atoms with Crippen LogP contribution in [0.4, 0.5) is 0 Å². The standard InChI is InChI=1S/C17H29N5O2/c1-13(16(24)19-14-5-6-14)22-9-7-21(8-10-22)11-15(23)20(4)17(2,3)12-18/h13-14H,5-11H2,1-4H3,(H,19,24)/t13-/m0/s1. The Hall–Kier alpha value is -1.65. The first-order valence-electron chi connectivity index (χ1n) is 8.69. The molecule has 2 aliphatic rings. The molecule has 1 atom stereocenters. The van der Waals surface area contributed by atoms with Crippen LogP contribution in [0.25, 0.3) is 0 Å². The van der Waals surface area contributed by atoms with Crippen molar-refractivity contribution in [1.82, 2.24) is 20.0 Å². The average molecular weight is 335 g/mol. The number of rotatable bonds is 6. The normalized spacial score (nSPS) is 21.0. The zero-order valence-corrected chi connectivity index (χ0v) is 15.2. The Morgan fingerprint density at radius 2 is 1.88 bits per heavy atom. The third-order valence-electron chi connectivity index (χ3n) is 5.10. The molecule has 7 nitrogen and oxygen atoms in total. The zero-order valence-electron chi connectivity index (χ0n) is 15.2. The third kappa shape index (κ3) is 4.68. The predicted molar refractivity (Wildman–Crippen MR) is 91.1 cm³/mol. The van der Waals surface area contributed by atoms with E-state index >= 15 is 0 Å². The molecule has 0 aromatic carbocycles. The first-order chi connectivity index (χ1) is 11.2. The van der Waals surface area contributed by atoms with Crippen LogP contribution in [-0.4, -0.2) is 83.9 Å². The lowest BCUT2D eigenvalue weighted by Crippen LogP contribution is -2.56. The van der Waals surface area contributed by atoms with E-state index in [1.165, 1.54) is 4.90 Å². The zero-order chi connectivity index (χ0) is 17.9. The van der Waals surface area contributed by atoms with Crippen LogP contribution in [0.15, 0.2) is 0 Å². The molecular weight excluding hydrogens is 306 g/mol. The summed E-state index contributed by atoms with van der Waals surface area (Å²) in [6.07, 6.45) is 2.20. The quantitative estimate of drug-likeness (QED) is 0.741. The Kier molecular flexibility index (Phi) is 5.83. The number of nitrogens with one attached hydrogen (secondary N) is 1. The topological polar surface area (TPSA) is 79.7 Å². The molecule has 0 aromatic heterocycles. The van der Waals surface area contributed by atoms with Crippen molar-refractivity contribution in [2.45, 2.75) is 51.2 Å². The Morgan fingerprint density at radius 3 is 2.38 bits per heavy atom. The molecule has 2 fully saturated rings. The van der Waals surface area contributed by atoms with Crippen molar-refractivity contribution in [3.63, 3.8) is 0 Å². The molecule has 134 valence electrons. The van der Waals surface area contributed by atoms with Gasteiger partial charge >= 0.3 is 0 Å². The molecular formula is C17H29N5O2. The lowest BCUT2D eigenvalue weighted by molar-refractivity contribution is -0.135. The molecule has 1 aliphatic heterocycles. The summed E-state index contributed by atoms with van der Waals surface area (Å²) >= 11 is 0. The Bertz CT molecular complexity index is 516. The summed E-state index contributed by atoms with van der Waals surface area (Å²) in [5.74, 6) is 0.0621. The molecule has 24 heavy (non-hydrogen) atoms. The van der Waals surface area contributed by atoms with Gasteiger partial charge in [-0.1, -0.05) is 0 Å². The molecule has 0 bridgehead atoms. The first kappa shape index (κ1) is 18.7. The second-order valence-electron chi connectivity index (χ2n) is 7.39. The van der Waals surface area contributed by atoms with Crippen molar-refractivity contribution in [1.29, 1.82) is 5.26 Å². The maximum atomic E-state index is 12.3. The van der Waals surface area contributed by atoms with E-state index in [4.69, 9.17) is 5.26 Å². The minimum Gasteiger partial charge on any atom is -0.352 e. The van der Waals surface area contributed by atoms with E-state index in [0.29, 0.717) is 12.6 Å². The number of nitrogens with zero attached hydrogens (tertiary/aromatic N) is 4. The summed E-state index contributed by atoms with van der Waals surface area (Å²) in [7, 11) is 1.67. The van der Waals surface area contributed by atoms with E-state index in [-0.39, 0.29) is 17.9 Å². The van der Waals surface area contributed by atoms with E-state index < -0.39 is 5.54 Å². The molecule has 0 aromatic rings. The molecule has 1 saturated carbocycles. The van der Waals surface area contributed by atoms with Crippen LogP contribution in [0.3, 0.4) is 0 Å². The van der Waals surface area contributed by atoms with Gasteiger partial charge in [0.1, 0.15) is 5.54 Å². The van der Waals surface area contributed by atoms with Crippen molar-refractivity contribution < 1.29 is 9.59 Å². The number of likely N-dealkylation sites (N-methyl/N-ethyl adjacent to an activating group) is 1. The predicted octanol–water partition coefficient (Wildman–Crippen LogP) is 0.0317. The van der Waals surface area contributed by atoms with Gasteiger partial charge in [-0.2, -0.15) is 5.26 Å². The van der Waals surface area contributed by atoms with Crippen molar-refractivity contribution in [2.75, 3.05) is 39.8 Å². The smallest absolute Gasteiger partial charge is 0.237 e. The van der Waals surface area contributed by atoms with Gasteiger partial charge in [0.2, 0.25) is 11.8 Å². The van der Waals surface area contributed by atoms with Crippen molar-refractivity contribution in [3.8, 4) is 6.07 Å². The largest absolute Gasteiger partial charge is 0.352 e. The number of nitriles is 1. The van der Waals surface area contributed by atoms with Crippen LogP contribution >= 0.6 is 0 Å². The maximum Gasteiger partial charge on any atom is 0.237 e. The number of piperazine rings is 1. The summed E-state index contributed by atoms with van der Waals surface area (Å²) < 4.78 is 0. The molecule has 7 heteroatoms. The number of hydrogen-bond donors (Lipinski definition) is 1. The second-order valence-corrected chi connectivity index (χ2v) is 7.39. The fourth-order valence-corrected chi connectivity index (χ4v) is 2.71. The van der Waals surface area contributed by atoms with Crippen molar-refractivity contribution >= 4 is 11.8 Å². The summed E-state index contributed by atoms with van der Waals surface area (Å²) in [5, 5.41) is 12.2. The Morgan fingerprint density at radius 1 is 1.29 bits per heavy atom. The molecule has 0 spiro atoms. The molecule has 0 radical (unpaired) electrons. The molecule has 1 heterocycles. The number of amides is 2. The molecule has 1 N–H and O–H groups in total. The van der Waals surface area contributed by atoms with Crippen LogP contribution < -0.4 is 5.32 Å². The second kappa shape index (κ2) is 7.49. The summed E-state index contributed by atoms with van der Waals surface area (Å²) in [4.78, 5) is 30.2. The van der Waals surface area contributed by atoms with E-state index in [1.54, 1.807) is 20.9 Å². The van der Waals surface area contributed by atoms with E-state index in [1.807, 2.05) is 6.92 Å². The highest BCUT2D eigenvalue weighted by Crippen LogP contribution is 2.19. The van der Waals surface area contributed by atoms with Gasteiger partial charge in [-0.05, 0) is 33.6 Å². The molecule has 0 unspecified atom stereocenters. The minimum absolute atomic E-state index is 0.0467. The van der Waals surface area contributed by atoms with E-state index in [9.17, 15) is 9.59 Å². The lowest BCUT2D eigenvalue weighted by Gasteiger charge is -2.38. The highest BCUT2D eigenvalue weighted by atomic mass is 16.2. The van der Waals surface area contributed by atoms with Gasteiger partial charge in [-0.25, -0.2) is 0 Å². The highest BCUT2D eigenvalue weighted by molar-refractivity contribution is 5.82. The van der Waals surface area contributed by atoms with Crippen LogP contribution in [-0.2, 0) is 9.59 Å². The summed E-state index contributed by atoms with van der Waals surface area (Å²) in [5.41, 5.74) is -0.797. The van der Waals surface area contributed by atoms with Crippen molar-refractivity contribution in [2.24, 2.45) is 0 Å². The summed E-state index contributed by atoms with van der Waals surface area (Å²) in [6.45, 7) is 8.81. The minimum atomic E-state index is -0.797. The van der Waals surface area contributed by atoms with Gasteiger partial charge in [0, 0.05) is 39.3 Å². The van der Waals surface area contributed by atoms with Crippen LogP contribution in [0.1, 0.15) is 33.6 Å². The first-order valence-corrected chi connectivity index (χ1v) is 8.69. The summed E-state index contributed by atoms with van der Waals surface area (Å²) in [6, 6.07) is 2.41. The molecule has 1 aliphatic carbocycles. The molecule has 1 saturated heterocycles. The van der Waals surface area contributed by atoms with E-state index in [0.717, 1.165) is 39.0 Å². The maximum absolute atomic E-state index is 12.3. The van der Waals surface area contributed by atoms with Crippen molar-refractivity contribution in [3.05, 3.63) is 0 Å². The SMILES string of the molecule is C[C@@H](C(=O)NC1CC1)N1CCN(CC(=O)N(C)C(C)(C)C#N)CC1. The van der Waals surface area contributed by atoms with Crippen LogP contribution in [0, 0.1) is 11.3 Å². The van der Waals surface area contributed by atoms with E-state index in [2.05, 4.69) is 21.2 Å². The number of carbonyl (C=O) groups excluding carboxylic acids is 2. The monoisotopic (exact) mass is 335 g/mol. The van der Waals surface area contributed by atoms with Crippen LogP contribution in [0.5, 0.6) is 0 Å². The van der Waals surface area contributed by atoms with Gasteiger partial charge in [-0.3, -0.25) is 19.4 Å². The third-order valence-corrected chi connectivity index (χ3v) is 5.10. The highest BCUT2D eigenvalue weighted by Gasteiger charge is 2.32. The fraction of sp³-hybridized carbons (Fsp3) is 0.824. The van der Waals surface area contributed by atoms with Gasteiger partial charge in [-0.15, -0.1) is 0 Å². The van der Waals surface area contributed by atoms with Gasteiger partial charge in [0.05, 0.1) is 18.7 Å². The van der Waals surface area contributed by atoms with Gasteiger partial charge in [0.25, 0.3) is 0 Å². The average Bonchev–Trinajstić information content (AvgIpc) is 3.37. The number of hydrogen-bond acceptors (Lipinski definition) is 5. The number of carbonyl (C=O) groups is 2. The Labute approximate surface area is 144 Å². The van der Waals surface area contributed by atoms with Crippen LogP contribution in [0.2, 0.25) is 0 Å². The van der Waals surface area contributed by atoms with Gasteiger partial charge < -0.3 is 10.2 Å². The molecule has 2 amide bonds. The fourth-order valence-electron chi connectivity index (χ4n) is 2.71.